The van der Waals surface area contributed by atoms with Crippen LogP contribution in [0.4, 0.5) is 0 Å². The molecule has 1 unspecified atom stereocenters. The standard InChI is InChI=1S/C24H37NO4/c1-18(2)12-21(13-19(3)4)10-11-22-14-24(16-25-27,29-23(22)26)17-28-15-20-8-6-5-7-9-20/h5-9,11,18-19,21,25,27H,10,12-17H2,1-4H3/b22-11-. The third-order valence-corrected chi connectivity index (χ3v) is 5.27. The molecular weight excluding hydrogens is 366 g/mol. The molecule has 2 N–H and O–H groups in total. The number of rotatable bonds is 12. The first-order chi connectivity index (χ1) is 13.8. The van der Waals surface area contributed by atoms with Gasteiger partial charge in [-0.2, -0.15) is 0 Å². The van der Waals surface area contributed by atoms with Crippen molar-refractivity contribution < 1.29 is 19.5 Å². The summed E-state index contributed by atoms with van der Waals surface area (Å²) in [5.41, 5.74) is 3.07. The minimum atomic E-state index is -0.863. The first-order valence-corrected chi connectivity index (χ1v) is 10.7. The lowest BCUT2D eigenvalue weighted by atomic mass is 9.86. The van der Waals surface area contributed by atoms with Crippen molar-refractivity contribution in [2.75, 3.05) is 13.2 Å². The lowest BCUT2D eigenvalue weighted by molar-refractivity contribution is -0.154. The molecule has 0 amide bonds. The van der Waals surface area contributed by atoms with Crippen molar-refractivity contribution >= 4 is 5.97 Å². The number of nitrogens with one attached hydrogen (secondary N) is 1. The van der Waals surface area contributed by atoms with Gasteiger partial charge in [-0.25, -0.2) is 10.3 Å². The van der Waals surface area contributed by atoms with Gasteiger partial charge in [0.15, 0.2) is 5.60 Å². The highest BCUT2D eigenvalue weighted by molar-refractivity contribution is 5.91. The van der Waals surface area contributed by atoms with E-state index in [0.717, 1.165) is 24.8 Å². The van der Waals surface area contributed by atoms with Gasteiger partial charge in [0.1, 0.15) is 0 Å². The van der Waals surface area contributed by atoms with Gasteiger partial charge in [-0.15, -0.1) is 0 Å². The second-order valence-corrected chi connectivity index (χ2v) is 9.15. The minimum absolute atomic E-state index is 0.145. The molecule has 0 aromatic heterocycles. The van der Waals surface area contributed by atoms with Gasteiger partial charge >= 0.3 is 5.97 Å². The fourth-order valence-corrected chi connectivity index (χ4v) is 4.11. The maximum atomic E-state index is 12.5. The average molecular weight is 404 g/mol. The number of cyclic esters (lactones) is 1. The van der Waals surface area contributed by atoms with Crippen LogP contribution in [-0.2, 0) is 20.9 Å². The Morgan fingerprint density at radius 1 is 1.17 bits per heavy atom. The monoisotopic (exact) mass is 403 g/mol. The number of allylic oxidation sites excluding steroid dienone is 1. The Labute approximate surface area is 175 Å². The molecule has 0 aliphatic carbocycles. The molecule has 5 nitrogen and oxygen atoms in total. The molecule has 0 saturated carbocycles. The van der Waals surface area contributed by atoms with Crippen molar-refractivity contribution in [3.8, 4) is 0 Å². The van der Waals surface area contributed by atoms with Crippen LogP contribution in [0.2, 0.25) is 0 Å². The highest BCUT2D eigenvalue weighted by Gasteiger charge is 2.43. The third-order valence-electron chi connectivity index (χ3n) is 5.27. The third kappa shape index (κ3) is 7.92. The van der Waals surface area contributed by atoms with E-state index in [2.05, 4.69) is 33.2 Å². The Bertz CT molecular complexity index is 646. The zero-order valence-corrected chi connectivity index (χ0v) is 18.3. The first-order valence-electron chi connectivity index (χ1n) is 10.7. The fraction of sp³-hybridized carbons (Fsp3) is 0.625. The highest BCUT2D eigenvalue weighted by atomic mass is 16.6. The molecular formula is C24H37NO4. The summed E-state index contributed by atoms with van der Waals surface area (Å²) in [6.45, 7) is 9.79. The molecule has 1 fully saturated rings. The van der Waals surface area contributed by atoms with Crippen LogP contribution in [0.5, 0.6) is 0 Å². The second kappa shape index (κ2) is 11.5. The van der Waals surface area contributed by atoms with Crippen LogP contribution in [-0.4, -0.2) is 29.9 Å². The summed E-state index contributed by atoms with van der Waals surface area (Å²) in [4.78, 5) is 12.5. The molecule has 1 aliphatic heterocycles. The lowest BCUT2D eigenvalue weighted by Crippen LogP contribution is -2.43. The fourth-order valence-electron chi connectivity index (χ4n) is 4.11. The van der Waals surface area contributed by atoms with Gasteiger partial charge in [-0.3, -0.25) is 0 Å². The second-order valence-electron chi connectivity index (χ2n) is 9.15. The van der Waals surface area contributed by atoms with E-state index in [1.165, 1.54) is 0 Å². The predicted molar refractivity (Wildman–Crippen MR) is 114 cm³/mol. The number of ether oxygens (including phenoxy) is 2. The molecule has 5 heteroatoms. The maximum absolute atomic E-state index is 12.5. The molecule has 1 aromatic carbocycles. The molecule has 1 heterocycles. The SMILES string of the molecule is CC(C)CC(C/C=C1/CC(CNO)(COCc2ccccc2)OC1=O)CC(C)C. The number of hydroxylamine groups is 1. The normalized spacial score (nSPS) is 21.0. The largest absolute Gasteiger partial charge is 0.451 e. The van der Waals surface area contributed by atoms with Gasteiger partial charge in [-0.05, 0) is 42.6 Å². The molecule has 1 aliphatic rings. The van der Waals surface area contributed by atoms with Gasteiger partial charge in [0.2, 0.25) is 0 Å². The zero-order chi connectivity index (χ0) is 21.3. The summed E-state index contributed by atoms with van der Waals surface area (Å²) in [6, 6.07) is 9.87. The Hall–Kier alpha value is -1.69. The Morgan fingerprint density at radius 2 is 1.83 bits per heavy atom. The van der Waals surface area contributed by atoms with Crippen molar-refractivity contribution in [1.29, 1.82) is 0 Å². The number of carbonyl (C=O) groups is 1. The van der Waals surface area contributed by atoms with E-state index in [0.29, 0.717) is 36.4 Å². The highest BCUT2D eigenvalue weighted by Crippen LogP contribution is 2.33. The van der Waals surface area contributed by atoms with Crippen molar-refractivity contribution in [2.45, 2.75) is 65.6 Å². The molecule has 0 bridgehead atoms. The summed E-state index contributed by atoms with van der Waals surface area (Å²) in [5.74, 6) is 1.54. The van der Waals surface area contributed by atoms with Crippen LogP contribution in [0.1, 0.15) is 58.9 Å². The Morgan fingerprint density at radius 3 is 2.41 bits per heavy atom. The van der Waals surface area contributed by atoms with Gasteiger partial charge in [0.05, 0.1) is 19.8 Å². The number of carbonyl (C=O) groups excluding carboxylic acids is 1. The summed E-state index contributed by atoms with van der Waals surface area (Å²) >= 11 is 0. The predicted octanol–water partition coefficient (Wildman–Crippen LogP) is 4.89. The van der Waals surface area contributed by atoms with Crippen molar-refractivity contribution in [3.63, 3.8) is 0 Å². The van der Waals surface area contributed by atoms with Crippen molar-refractivity contribution in [3.05, 3.63) is 47.5 Å². The molecule has 2 rings (SSSR count). The zero-order valence-electron chi connectivity index (χ0n) is 18.3. The number of hydrogen-bond acceptors (Lipinski definition) is 5. The number of hydrogen-bond donors (Lipinski definition) is 2. The van der Waals surface area contributed by atoms with Crippen LogP contribution in [0.3, 0.4) is 0 Å². The van der Waals surface area contributed by atoms with Gasteiger partial charge in [0.25, 0.3) is 0 Å². The molecule has 1 atom stereocenters. The smallest absolute Gasteiger partial charge is 0.334 e. The Balaban J connectivity index is 1.99. The summed E-state index contributed by atoms with van der Waals surface area (Å²) in [6.07, 6.45) is 5.69. The van der Waals surface area contributed by atoms with Crippen LogP contribution in [0.25, 0.3) is 0 Å². The maximum Gasteiger partial charge on any atom is 0.334 e. The van der Waals surface area contributed by atoms with Crippen molar-refractivity contribution in [2.24, 2.45) is 17.8 Å². The quantitative estimate of drug-likeness (QED) is 0.295. The topological polar surface area (TPSA) is 67.8 Å². The summed E-state index contributed by atoms with van der Waals surface area (Å²) in [5, 5.41) is 9.28. The van der Waals surface area contributed by atoms with E-state index >= 15 is 0 Å². The van der Waals surface area contributed by atoms with E-state index in [4.69, 9.17) is 9.47 Å². The molecule has 0 radical (unpaired) electrons. The number of benzene rings is 1. The lowest BCUT2D eigenvalue weighted by Gasteiger charge is -2.26. The van der Waals surface area contributed by atoms with Gasteiger partial charge in [0, 0.05) is 12.0 Å². The molecule has 0 spiro atoms. The van der Waals surface area contributed by atoms with E-state index in [1.54, 1.807) is 0 Å². The molecule has 29 heavy (non-hydrogen) atoms. The van der Waals surface area contributed by atoms with Crippen LogP contribution in [0.15, 0.2) is 42.0 Å². The molecule has 162 valence electrons. The van der Waals surface area contributed by atoms with E-state index in [9.17, 15) is 10.0 Å². The minimum Gasteiger partial charge on any atom is -0.451 e. The number of esters is 1. The van der Waals surface area contributed by atoms with E-state index in [1.807, 2.05) is 36.4 Å². The van der Waals surface area contributed by atoms with E-state index in [-0.39, 0.29) is 19.1 Å². The van der Waals surface area contributed by atoms with Gasteiger partial charge < -0.3 is 14.7 Å². The molecule has 1 aromatic rings. The van der Waals surface area contributed by atoms with Crippen LogP contribution >= 0.6 is 0 Å². The first kappa shape index (κ1) is 23.6. The Kier molecular flexibility index (Phi) is 9.34. The van der Waals surface area contributed by atoms with Crippen molar-refractivity contribution in [1.82, 2.24) is 5.48 Å². The summed E-state index contributed by atoms with van der Waals surface area (Å²) in [7, 11) is 0. The molecule has 1 saturated heterocycles. The van der Waals surface area contributed by atoms with Crippen LogP contribution < -0.4 is 5.48 Å². The average Bonchev–Trinajstić information content (AvgIpc) is 2.95. The van der Waals surface area contributed by atoms with Gasteiger partial charge in [-0.1, -0.05) is 64.1 Å². The summed E-state index contributed by atoms with van der Waals surface area (Å²) < 4.78 is 11.5. The van der Waals surface area contributed by atoms with E-state index < -0.39 is 5.60 Å². The van der Waals surface area contributed by atoms with Crippen LogP contribution in [0, 0.1) is 17.8 Å².